The quantitative estimate of drug-likeness (QED) is 0.566. The van der Waals surface area contributed by atoms with Crippen LogP contribution in [-0.4, -0.2) is 37.7 Å². The van der Waals surface area contributed by atoms with Crippen molar-refractivity contribution in [2.45, 2.75) is 26.7 Å². The summed E-state index contributed by atoms with van der Waals surface area (Å²) in [5.41, 5.74) is 0.852. The molecule has 0 fully saturated rings. The molecule has 7 nitrogen and oxygen atoms in total. The maximum Gasteiger partial charge on any atom is 0.338 e. The fraction of sp³-hybridized carbons (Fsp3) is 0.438. The zero-order valence-corrected chi connectivity index (χ0v) is 13.4. The van der Waals surface area contributed by atoms with Crippen LogP contribution in [0.4, 0.5) is 10.5 Å². The van der Waals surface area contributed by atoms with E-state index in [2.05, 4.69) is 10.6 Å². The molecule has 1 aromatic carbocycles. The number of nitrogens with one attached hydrogen (secondary N) is 2. The lowest BCUT2D eigenvalue weighted by molar-refractivity contribution is -0.143. The Bertz CT molecular complexity index is 545. The van der Waals surface area contributed by atoms with Crippen molar-refractivity contribution in [3.63, 3.8) is 0 Å². The molecule has 0 aromatic heterocycles. The normalized spacial score (nSPS) is 9.83. The largest absolute Gasteiger partial charge is 0.466 e. The van der Waals surface area contributed by atoms with Crippen molar-refractivity contribution in [1.82, 2.24) is 5.32 Å². The summed E-state index contributed by atoms with van der Waals surface area (Å²) in [6.07, 6.45) is 0.752. The lowest BCUT2D eigenvalue weighted by Crippen LogP contribution is -2.30. The number of rotatable bonds is 8. The molecule has 0 aliphatic rings. The number of anilines is 1. The predicted molar refractivity (Wildman–Crippen MR) is 85.3 cm³/mol. The van der Waals surface area contributed by atoms with E-state index in [0.29, 0.717) is 30.8 Å². The van der Waals surface area contributed by atoms with E-state index in [0.717, 1.165) is 0 Å². The van der Waals surface area contributed by atoms with Gasteiger partial charge in [0.25, 0.3) is 0 Å². The van der Waals surface area contributed by atoms with Gasteiger partial charge in [0.15, 0.2) is 0 Å². The molecular weight excluding hydrogens is 300 g/mol. The smallest absolute Gasteiger partial charge is 0.338 e. The molecule has 2 N–H and O–H groups in total. The summed E-state index contributed by atoms with van der Waals surface area (Å²) in [5.74, 6) is -0.720. The van der Waals surface area contributed by atoms with Crippen molar-refractivity contribution < 1.29 is 23.9 Å². The van der Waals surface area contributed by atoms with E-state index >= 15 is 0 Å². The van der Waals surface area contributed by atoms with Crippen LogP contribution >= 0.6 is 0 Å². The zero-order chi connectivity index (χ0) is 17.1. The minimum Gasteiger partial charge on any atom is -0.466 e. The highest BCUT2D eigenvalue weighted by atomic mass is 16.5. The fourth-order valence-electron chi connectivity index (χ4n) is 1.78. The molecule has 2 amide bonds. The highest BCUT2D eigenvalue weighted by Gasteiger charge is 2.08. The molecule has 23 heavy (non-hydrogen) atoms. The number of esters is 2. The SMILES string of the molecule is CCOC(=O)CCCNC(=O)Nc1cccc(C(=O)OCC)c1. The van der Waals surface area contributed by atoms with E-state index in [1.165, 1.54) is 6.07 Å². The Balaban J connectivity index is 2.38. The third kappa shape index (κ3) is 7.30. The molecule has 0 unspecified atom stereocenters. The standard InChI is InChI=1S/C16H22N2O5/c1-3-22-14(19)9-6-10-17-16(21)18-13-8-5-7-12(11-13)15(20)23-4-2/h5,7-8,11H,3-4,6,9-10H2,1-2H3,(H2,17,18,21). The van der Waals surface area contributed by atoms with E-state index in [1.54, 1.807) is 32.0 Å². The molecule has 7 heteroatoms. The predicted octanol–water partition coefficient (Wildman–Crippen LogP) is 2.33. The van der Waals surface area contributed by atoms with E-state index < -0.39 is 12.0 Å². The first-order valence-electron chi connectivity index (χ1n) is 7.54. The number of hydrogen-bond acceptors (Lipinski definition) is 5. The molecule has 0 saturated carbocycles. The number of ether oxygens (including phenoxy) is 2. The van der Waals surface area contributed by atoms with Crippen LogP contribution in [0.15, 0.2) is 24.3 Å². The second kappa shape index (κ2) is 10.2. The van der Waals surface area contributed by atoms with Gasteiger partial charge in [-0.1, -0.05) is 6.07 Å². The van der Waals surface area contributed by atoms with Gasteiger partial charge < -0.3 is 20.1 Å². The monoisotopic (exact) mass is 322 g/mol. The maximum absolute atomic E-state index is 11.7. The Morgan fingerprint density at radius 1 is 1.09 bits per heavy atom. The number of carbonyl (C=O) groups excluding carboxylic acids is 3. The lowest BCUT2D eigenvalue weighted by Gasteiger charge is -2.09. The molecule has 0 atom stereocenters. The second-order valence-corrected chi connectivity index (χ2v) is 4.59. The highest BCUT2D eigenvalue weighted by Crippen LogP contribution is 2.11. The molecule has 0 aliphatic heterocycles. The second-order valence-electron chi connectivity index (χ2n) is 4.59. The Labute approximate surface area is 135 Å². The van der Waals surface area contributed by atoms with Gasteiger partial charge in [-0.15, -0.1) is 0 Å². The molecule has 0 spiro atoms. The summed E-state index contributed by atoms with van der Waals surface area (Å²) in [6.45, 7) is 4.46. The average Bonchev–Trinajstić information content (AvgIpc) is 2.52. The molecule has 1 rings (SSSR count). The Kier molecular flexibility index (Phi) is 8.20. The Morgan fingerprint density at radius 2 is 1.83 bits per heavy atom. The first kappa shape index (κ1) is 18.5. The molecule has 0 aliphatic carbocycles. The van der Waals surface area contributed by atoms with Crippen LogP contribution < -0.4 is 10.6 Å². The Hall–Kier alpha value is -2.57. The van der Waals surface area contributed by atoms with Crippen molar-refractivity contribution >= 4 is 23.7 Å². The van der Waals surface area contributed by atoms with Gasteiger partial charge in [-0.05, 0) is 38.5 Å². The van der Waals surface area contributed by atoms with Gasteiger partial charge in [0.1, 0.15) is 0 Å². The number of urea groups is 1. The van der Waals surface area contributed by atoms with Gasteiger partial charge in [0, 0.05) is 18.7 Å². The number of hydrogen-bond donors (Lipinski definition) is 2. The number of benzene rings is 1. The molecule has 1 aromatic rings. The fourth-order valence-corrected chi connectivity index (χ4v) is 1.78. The van der Waals surface area contributed by atoms with Gasteiger partial charge >= 0.3 is 18.0 Å². The third-order valence-corrected chi connectivity index (χ3v) is 2.78. The van der Waals surface area contributed by atoms with Crippen molar-refractivity contribution in [2.24, 2.45) is 0 Å². The first-order valence-corrected chi connectivity index (χ1v) is 7.54. The summed E-state index contributed by atoms with van der Waals surface area (Å²) in [5, 5.41) is 5.25. The van der Waals surface area contributed by atoms with E-state index in [-0.39, 0.29) is 19.0 Å². The summed E-state index contributed by atoms with van der Waals surface area (Å²) < 4.78 is 9.69. The Morgan fingerprint density at radius 3 is 2.52 bits per heavy atom. The molecule has 126 valence electrons. The van der Waals surface area contributed by atoms with Gasteiger partial charge in [0.05, 0.1) is 18.8 Å². The van der Waals surface area contributed by atoms with Crippen LogP contribution in [0.1, 0.15) is 37.0 Å². The van der Waals surface area contributed by atoms with E-state index in [9.17, 15) is 14.4 Å². The van der Waals surface area contributed by atoms with Crippen LogP contribution in [0, 0.1) is 0 Å². The lowest BCUT2D eigenvalue weighted by atomic mass is 10.2. The maximum atomic E-state index is 11.7. The van der Waals surface area contributed by atoms with Gasteiger partial charge in [-0.25, -0.2) is 9.59 Å². The topological polar surface area (TPSA) is 93.7 Å². The van der Waals surface area contributed by atoms with Crippen molar-refractivity contribution in [1.29, 1.82) is 0 Å². The van der Waals surface area contributed by atoms with Gasteiger partial charge in [0.2, 0.25) is 0 Å². The average molecular weight is 322 g/mol. The van der Waals surface area contributed by atoms with Gasteiger partial charge in [-0.2, -0.15) is 0 Å². The van der Waals surface area contributed by atoms with Crippen LogP contribution in [0.2, 0.25) is 0 Å². The summed E-state index contributed by atoms with van der Waals surface area (Å²) >= 11 is 0. The summed E-state index contributed by atoms with van der Waals surface area (Å²) in [4.78, 5) is 34.5. The van der Waals surface area contributed by atoms with Crippen molar-refractivity contribution in [3.8, 4) is 0 Å². The zero-order valence-electron chi connectivity index (χ0n) is 13.4. The van der Waals surface area contributed by atoms with Gasteiger partial charge in [-0.3, -0.25) is 4.79 Å². The molecule has 0 radical (unpaired) electrons. The van der Waals surface area contributed by atoms with Crippen LogP contribution in [0.3, 0.4) is 0 Å². The summed E-state index contributed by atoms with van der Waals surface area (Å²) in [6, 6.07) is 6.06. The molecule has 0 saturated heterocycles. The van der Waals surface area contributed by atoms with Crippen molar-refractivity contribution in [3.05, 3.63) is 29.8 Å². The summed E-state index contributed by atoms with van der Waals surface area (Å²) in [7, 11) is 0. The first-order chi connectivity index (χ1) is 11.1. The van der Waals surface area contributed by atoms with E-state index in [4.69, 9.17) is 9.47 Å². The van der Waals surface area contributed by atoms with Crippen LogP contribution in [-0.2, 0) is 14.3 Å². The van der Waals surface area contributed by atoms with Crippen LogP contribution in [0.5, 0.6) is 0 Å². The van der Waals surface area contributed by atoms with Crippen LogP contribution in [0.25, 0.3) is 0 Å². The number of carbonyl (C=O) groups is 3. The third-order valence-electron chi connectivity index (χ3n) is 2.78. The minimum atomic E-state index is -0.439. The van der Waals surface area contributed by atoms with E-state index in [1.807, 2.05) is 0 Å². The molecule has 0 heterocycles. The highest BCUT2D eigenvalue weighted by molar-refractivity contribution is 5.93. The minimum absolute atomic E-state index is 0.256. The number of amides is 2. The van der Waals surface area contributed by atoms with Crippen molar-refractivity contribution in [2.75, 3.05) is 25.1 Å². The molecular formula is C16H22N2O5. The molecule has 0 bridgehead atoms.